The normalized spacial score (nSPS) is 10.2. The summed E-state index contributed by atoms with van der Waals surface area (Å²) in [5, 5.41) is 6.33. The zero-order chi connectivity index (χ0) is 14.7. The number of urea groups is 1. The second-order valence-corrected chi connectivity index (χ2v) is 5.78. The Hall–Kier alpha value is -1.23. The summed E-state index contributed by atoms with van der Waals surface area (Å²) in [4.78, 5) is 12.0. The predicted molar refractivity (Wildman–Crippen MR) is 88.0 cm³/mol. The lowest BCUT2D eigenvalue weighted by Crippen LogP contribution is -2.20. The molecule has 0 aromatic heterocycles. The van der Waals surface area contributed by atoms with Crippen LogP contribution in [0.4, 0.5) is 16.2 Å². The Balaban J connectivity index is 2.13. The summed E-state index contributed by atoms with van der Waals surface area (Å²) in [6, 6.07) is 10.1. The van der Waals surface area contributed by atoms with Crippen molar-refractivity contribution in [3.8, 4) is 0 Å². The van der Waals surface area contributed by atoms with Gasteiger partial charge in [0.15, 0.2) is 0 Å². The van der Waals surface area contributed by atoms with Crippen LogP contribution in [-0.2, 0) is 0 Å². The van der Waals surface area contributed by atoms with Crippen LogP contribution in [0, 0.1) is 6.92 Å². The molecule has 0 heterocycles. The molecule has 2 aromatic rings. The van der Waals surface area contributed by atoms with Crippen LogP contribution in [0.5, 0.6) is 0 Å². The molecule has 6 heteroatoms. The average Bonchev–Trinajstić information content (AvgIpc) is 2.39. The number of anilines is 2. The second-order valence-electron chi connectivity index (χ2n) is 4.14. The van der Waals surface area contributed by atoms with E-state index in [1.165, 1.54) is 0 Å². The second kappa shape index (κ2) is 6.48. The molecule has 2 amide bonds. The molecule has 0 unspecified atom stereocenters. The average molecular weight is 374 g/mol. The lowest BCUT2D eigenvalue weighted by atomic mass is 10.2. The standard InChI is InChI=1S/C14H11BrCl2N2O/c1-8-3-2-4-11(13(8)15)18-14(20)19-12-7-9(16)5-6-10(12)17/h2-7H,1H3,(H2,18,19,20). The monoisotopic (exact) mass is 372 g/mol. The third-order valence-electron chi connectivity index (χ3n) is 2.62. The number of carbonyl (C=O) groups excluding carboxylic acids is 1. The van der Waals surface area contributed by atoms with Crippen LogP contribution in [0.25, 0.3) is 0 Å². The number of hydrogen-bond acceptors (Lipinski definition) is 1. The topological polar surface area (TPSA) is 41.1 Å². The molecule has 0 bridgehead atoms. The summed E-state index contributed by atoms with van der Waals surface area (Å²) in [5.74, 6) is 0. The van der Waals surface area contributed by atoms with Gasteiger partial charge in [0.2, 0.25) is 0 Å². The fourth-order valence-corrected chi connectivity index (χ4v) is 2.31. The third kappa shape index (κ3) is 3.66. The molecule has 3 nitrogen and oxygen atoms in total. The molecule has 0 atom stereocenters. The van der Waals surface area contributed by atoms with Crippen LogP contribution >= 0.6 is 39.1 Å². The van der Waals surface area contributed by atoms with E-state index in [1.807, 2.05) is 19.1 Å². The summed E-state index contributed by atoms with van der Waals surface area (Å²) < 4.78 is 0.840. The van der Waals surface area contributed by atoms with Gasteiger partial charge < -0.3 is 10.6 Å². The summed E-state index contributed by atoms with van der Waals surface area (Å²) in [7, 11) is 0. The highest BCUT2D eigenvalue weighted by atomic mass is 79.9. The van der Waals surface area contributed by atoms with E-state index < -0.39 is 0 Å². The van der Waals surface area contributed by atoms with Crippen molar-refractivity contribution in [1.29, 1.82) is 0 Å². The maximum atomic E-state index is 12.0. The van der Waals surface area contributed by atoms with Gasteiger partial charge in [0.25, 0.3) is 0 Å². The molecule has 0 saturated carbocycles. The minimum absolute atomic E-state index is 0.388. The van der Waals surface area contributed by atoms with Gasteiger partial charge in [0.05, 0.1) is 16.4 Å². The quantitative estimate of drug-likeness (QED) is 0.695. The zero-order valence-corrected chi connectivity index (χ0v) is 13.6. The highest BCUT2D eigenvalue weighted by Crippen LogP contribution is 2.27. The molecule has 0 fully saturated rings. The number of benzene rings is 2. The van der Waals surface area contributed by atoms with Gasteiger partial charge in [0.1, 0.15) is 0 Å². The van der Waals surface area contributed by atoms with Crippen LogP contribution in [0.3, 0.4) is 0 Å². The first kappa shape index (κ1) is 15.2. The Bertz CT molecular complexity index is 656. The molecule has 20 heavy (non-hydrogen) atoms. The highest BCUT2D eigenvalue weighted by Gasteiger charge is 2.09. The van der Waals surface area contributed by atoms with Gasteiger partial charge in [-0.1, -0.05) is 35.3 Å². The Morgan fingerprint density at radius 3 is 2.55 bits per heavy atom. The summed E-state index contributed by atoms with van der Waals surface area (Å²) in [6.45, 7) is 1.95. The van der Waals surface area contributed by atoms with E-state index >= 15 is 0 Å². The molecule has 0 radical (unpaired) electrons. The van der Waals surface area contributed by atoms with Crippen molar-refractivity contribution in [2.24, 2.45) is 0 Å². The molecule has 104 valence electrons. The van der Waals surface area contributed by atoms with E-state index in [0.717, 1.165) is 10.0 Å². The van der Waals surface area contributed by atoms with Gasteiger partial charge >= 0.3 is 6.03 Å². The number of rotatable bonds is 2. The number of hydrogen-bond donors (Lipinski definition) is 2. The Morgan fingerprint density at radius 1 is 1.10 bits per heavy atom. The summed E-state index contributed by atoms with van der Waals surface area (Å²) >= 11 is 15.3. The van der Waals surface area contributed by atoms with Crippen molar-refractivity contribution in [3.63, 3.8) is 0 Å². The number of amides is 2. The Morgan fingerprint density at radius 2 is 1.80 bits per heavy atom. The molecular weight excluding hydrogens is 363 g/mol. The van der Waals surface area contributed by atoms with Crippen LogP contribution < -0.4 is 10.6 Å². The van der Waals surface area contributed by atoms with Crippen LogP contribution in [0.15, 0.2) is 40.9 Å². The van der Waals surface area contributed by atoms with Gasteiger partial charge in [-0.15, -0.1) is 0 Å². The Labute approximate surface area is 135 Å². The van der Waals surface area contributed by atoms with Crippen molar-refractivity contribution in [3.05, 3.63) is 56.5 Å². The van der Waals surface area contributed by atoms with E-state index in [4.69, 9.17) is 23.2 Å². The highest BCUT2D eigenvalue weighted by molar-refractivity contribution is 9.10. The van der Waals surface area contributed by atoms with Crippen molar-refractivity contribution in [2.45, 2.75) is 6.92 Å². The van der Waals surface area contributed by atoms with E-state index in [9.17, 15) is 4.79 Å². The molecular formula is C14H11BrCl2N2O. The first-order valence-corrected chi connectivity index (χ1v) is 7.30. The maximum Gasteiger partial charge on any atom is 0.323 e. The van der Waals surface area contributed by atoms with Crippen LogP contribution in [-0.4, -0.2) is 6.03 Å². The number of carbonyl (C=O) groups is 1. The smallest absolute Gasteiger partial charge is 0.307 e. The minimum Gasteiger partial charge on any atom is -0.307 e. The molecule has 0 spiro atoms. The molecule has 2 rings (SSSR count). The molecule has 0 aliphatic heterocycles. The number of aryl methyl sites for hydroxylation is 1. The van der Waals surface area contributed by atoms with Crippen molar-refractivity contribution < 1.29 is 4.79 Å². The predicted octanol–water partition coefficient (Wildman–Crippen LogP) is 5.71. The number of nitrogens with one attached hydrogen (secondary N) is 2. The largest absolute Gasteiger partial charge is 0.323 e. The lowest BCUT2D eigenvalue weighted by Gasteiger charge is -2.11. The maximum absolute atomic E-state index is 12.0. The van der Waals surface area contributed by atoms with E-state index in [0.29, 0.717) is 21.4 Å². The van der Waals surface area contributed by atoms with Crippen LogP contribution in [0.2, 0.25) is 10.0 Å². The van der Waals surface area contributed by atoms with Crippen molar-refractivity contribution in [1.82, 2.24) is 0 Å². The van der Waals surface area contributed by atoms with Gasteiger partial charge in [-0.2, -0.15) is 0 Å². The molecule has 2 aromatic carbocycles. The fraction of sp³-hybridized carbons (Fsp3) is 0.0714. The van der Waals surface area contributed by atoms with Gasteiger partial charge in [-0.05, 0) is 52.7 Å². The van der Waals surface area contributed by atoms with Gasteiger partial charge in [0, 0.05) is 9.50 Å². The SMILES string of the molecule is Cc1cccc(NC(=O)Nc2cc(Cl)ccc2Cl)c1Br. The van der Waals surface area contributed by atoms with Crippen molar-refractivity contribution >= 4 is 56.5 Å². The fourth-order valence-electron chi connectivity index (χ4n) is 1.61. The summed E-state index contributed by atoms with van der Waals surface area (Å²) in [6.07, 6.45) is 0. The van der Waals surface area contributed by atoms with Crippen LogP contribution in [0.1, 0.15) is 5.56 Å². The van der Waals surface area contributed by atoms with Gasteiger partial charge in [-0.3, -0.25) is 0 Å². The molecule has 0 aliphatic rings. The third-order valence-corrected chi connectivity index (χ3v) is 4.23. The summed E-state index contributed by atoms with van der Waals surface area (Å²) in [5.41, 5.74) is 2.17. The lowest BCUT2D eigenvalue weighted by molar-refractivity contribution is 0.262. The first-order valence-electron chi connectivity index (χ1n) is 5.75. The molecule has 2 N–H and O–H groups in total. The first-order chi connectivity index (χ1) is 9.47. The van der Waals surface area contributed by atoms with E-state index in [2.05, 4.69) is 26.6 Å². The molecule has 0 aliphatic carbocycles. The van der Waals surface area contributed by atoms with Crippen molar-refractivity contribution in [2.75, 3.05) is 10.6 Å². The van der Waals surface area contributed by atoms with E-state index in [-0.39, 0.29) is 6.03 Å². The number of halogens is 3. The Kier molecular flexibility index (Phi) is 4.91. The zero-order valence-electron chi connectivity index (χ0n) is 10.5. The molecule has 0 saturated heterocycles. The van der Waals surface area contributed by atoms with E-state index in [1.54, 1.807) is 24.3 Å². The minimum atomic E-state index is -0.388. The van der Waals surface area contributed by atoms with Gasteiger partial charge in [-0.25, -0.2) is 4.79 Å².